The number of ether oxygens (including phenoxy) is 1. The lowest BCUT2D eigenvalue weighted by molar-refractivity contribution is 0.407. The van der Waals surface area contributed by atoms with Crippen molar-refractivity contribution in [3.05, 3.63) is 50.6 Å². The van der Waals surface area contributed by atoms with Crippen LogP contribution in [0, 0.1) is 0 Å². The zero-order valence-corrected chi connectivity index (χ0v) is 11.2. The molecule has 1 aromatic carbocycles. The molecular weight excluding hydrogens is 286 g/mol. The van der Waals surface area contributed by atoms with E-state index in [9.17, 15) is 0 Å². The number of nitrogens with two attached hydrogens (primary N) is 1. The lowest BCUT2D eigenvalue weighted by Gasteiger charge is -2.15. The zero-order valence-electron chi connectivity index (χ0n) is 8.81. The first-order valence-electron chi connectivity index (χ1n) is 4.83. The van der Waals surface area contributed by atoms with E-state index in [1.165, 1.54) is 0 Å². The van der Waals surface area contributed by atoms with Crippen LogP contribution in [0.1, 0.15) is 17.2 Å². The molecule has 0 aliphatic rings. The lowest BCUT2D eigenvalue weighted by atomic mass is 10.0. The van der Waals surface area contributed by atoms with Crippen LogP contribution in [0.2, 0.25) is 0 Å². The van der Waals surface area contributed by atoms with Crippen LogP contribution in [-0.2, 0) is 0 Å². The summed E-state index contributed by atoms with van der Waals surface area (Å²) < 4.78 is 6.33. The number of halogens is 1. The summed E-state index contributed by atoms with van der Waals surface area (Å²) in [5.74, 6) is 0.813. The van der Waals surface area contributed by atoms with Gasteiger partial charge in [0.05, 0.1) is 13.2 Å². The Morgan fingerprint density at radius 2 is 2.19 bits per heavy atom. The maximum atomic E-state index is 6.20. The second kappa shape index (κ2) is 4.99. The van der Waals surface area contributed by atoms with E-state index in [0.717, 1.165) is 21.3 Å². The van der Waals surface area contributed by atoms with Crippen LogP contribution in [0.5, 0.6) is 5.75 Å². The molecule has 0 amide bonds. The van der Waals surface area contributed by atoms with E-state index in [2.05, 4.69) is 21.3 Å². The monoisotopic (exact) mass is 297 g/mol. The molecule has 1 aromatic heterocycles. The van der Waals surface area contributed by atoms with Crippen molar-refractivity contribution >= 4 is 27.3 Å². The van der Waals surface area contributed by atoms with Gasteiger partial charge in [-0.3, -0.25) is 0 Å². The molecule has 2 N–H and O–H groups in total. The standard InChI is InChI=1S/C12H12BrNOS/c1-15-11-6-9(13)2-3-10(11)12(14)8-4-5-16-7-8/h2-7,12H,14H2,1H3/t12-/m1/s1. The topological polar surface area (TPSA) is 35.2 Å². The van der Waals surface area contributed by atoms with Gasteiger partial charge in [0.1, 0.15) is 5.75 Å². The predicted molar refractivity (Wildman–Crippen MR) is 71.0 cm³/mol. The first-order valence-corrected chi connectivity index (χ1v) is 6.57. The molecule has 2 rings (SSSR count). The average Bonchev–Trinajstić information content (AvgIpc) is 2.81. The molecule has 0 radical (unpaired) electrons. The molecule has 0 bridgehead atoms. The van der Waals surface area contributed by atoms with Crippen LogP contribution in [0.15, 0.2) is 39.5 Å². The largest absolute Gasteiger partial charge is 0.496 e. The molecular formula is C12H12BrNOS. The molecule has 0 saturated carbocycles. The van der Waals surface area contributed by atoms with E-state index in [4.69, 9.17) is 10.5 Å². The summed E-state index contributed by atoms with van der Waals surface area (Å²) in [5, 5.41) is 4.09. The van der Waals surface area contributed by atoms with Crippen molar-refractivity contribution in [2.45, 2.75) is 6.04 Å². The average molecular weight is 298 g/mol. The Kier molecular flexibility index (Phi) is 3.63. The van der Waals surface area contributed by atoms with Gasteiger partial charge in [-0.2, -0.15) is 11.3 Å². The molecule has 16 heavy (non-hydrogen) atoms. The molecule has 2 aromatic rings. The summed E-state index contributed by atoms with van der Waals surface area (Å²) in [6, 6.07) is 7.81. The van der Waals surface area contributed by atoms with E-state index >= 15 is 0 Å². The van der Waals surface area contributed by atoms with Gasteiger partial charge in [-0.05, 0) is 34.5 Å². The van der Waals surface area contributed by atoms with Crippen LogP contribution >= 0.6 is 27.3 Å². The van der Waals surface area contributed by atoms with Crippen molar-refractivity contribution in [2.24, 2.45) is 5.73 Å². The molecule has 84 valence electrons. The first-order chi connectivity index (χ1) is 7.72. The van der Waals surface area contributed by atoms with E-state index in [-0.39, 0.29) is 6.04 Å². The van der Waals surface area contributed by atoms with Crippen molar-refractivity contribution < 1.29 is 4.74 Å². The summed E-state index contributed by atoms with van der Waals surface area (Å²) in [6.07, 6.45) is 0. The quantitative estimate of drug-likeness (QED) is 0.940. The highest BCUT2D eigenvalue weighted by molar-refractivity contribution is 9.10. The molecule has 0 aliphatic carbocycles. The zero-order chi connectivity index (χ0) is 11.5. The Morgan fingerprint density at radius 3 is 2.81 bits per heavy atom. The Balaban J connectivity index is 2.40. The Labute approximate surface area is 107 Å². The van der Waals surface area contributed by atoms with Crippen molar-refractivity contribution in [3.63, 3.8) is 0 Å². The van der Waals surface area contributed by atoms with Crippen LogP contribution in [0.4, 0.5) is 0 Å². The van der Waals surface area contributed by atoms with Gasteiger partial charge in [0, 0.05) is 10.0 Å². The van der Waals surface area contributed by atoms with Crippen molar-refractivity contribution in [1.82, 2.24) is 0 Å². The van der Waals surface area contributed by atoms with Gasteiger partial charge in [0.15, 0.2) is 0 Å². The maximum Gasteiger partial charge on any atom is 0.125 e. The minimum atomic E-state index is -0.130. The number of hydrogen-bond donors (Lipinski definition) is 1. The van der Waals surface area contributed by atoms with E-state index in [0.29, 0.717) is 0 Å². The normalized spacial score (nSPS) is 12.4. The summed E-state index contributed by atoms with van der Waals surface area (Å²) in [7, 11) is 1.66. The van der Waals surface area contributed by atoms with E-state index < -0.39 is 0 Å². The Hall–Kier alpha value is -0.840. The molecule has 1 heterocycles. The molecule has 0 aliphatic heterocycles. The van der Waals surface area contributed by atoms with Crippen LogP contribution in [-0.4, -0.2) is 7.11 Å². The van der Waals surface area contributed by atoms with Crippen molar-refractivity contribution in [3.8, 4) is 5.75 Å². The van der Waals surface area contributed by atoms with Gasteiger partial charge in [-0.25, -0.2) is 0 Å². The van der Waals surface area contributed by atoms with Gasteiger partial charge in [-0.1, -0.05) is 22.0 Å². The molecule has 0 fully saturated rings. The first kappa shape index (κ1) is 11.6. The van der Waals surface area contributed by atoms with Gasteiger partial charge >= 0.3 is 0 Å². The minimum absolute atomic E-state index is 0.130. The third-order valence-corrected chi connectivity index (χ3v) is 3.63. The highest BCUT2D eigenvalue weighted by Gasteiger charge is 2.14. The number of rotatable bonds is 3. The number of methoxy groups -OCH3 is 1. The van der Waals surface area contributed by atoms with Crippen LogP contribution < -0.4 is 10.5 Å². The second-order valence-electron chi connectivity index (χ2n) is 3.42. The smallest absolute Gasteiger partial charge is 0.125 e. The van der Waals surface area contributed by atoms with E-state index in [1.54, 1.807) is 18.4 Å². The molecule has 0 unspecified atom stereocenters. The predicted octanol–water partition coefficient (Wildman–Crippen LogP) is 3.57. The third kappa shape index (κ3) is 2.29. The number of hydrogen-bond acceptors (Lipinski definition) is 3. The van der Waals surface area contributed by atoms with Gasteiger partial charge in [0.25, 0.3) is 0 Å². The highest BCUT2D eigenvalue weighted by Crippen LogP contribution is 2.31. The fourth-order valence-corrected chi connectivity index (χ4v) is 2.61. The van der Waals surface area contributed by atoms with Crippen molar-refractivity contribution in [2.75, 3.05) is 7.11 Å². The molecule has 2 nitrogen and oxygen atoms in total. The molecule has 1 atom stereocenters. The fraction of sp³-hybridized carbons (Fsp3) is 0.167. The molecule has 4 heteroatoms. The number of benzene rings is 1. The van der Waals surface area contributed by atoms with Crippen molar-refractivity contribution in [1.29, 1.82) is 0 Å². The fourth-order valence-electron chi connectivity index (χ4n) is 1.57. The van der Waals surface area contributed by atoms with Crippen LogP contribution in [0.3, 0.4) is 0 Å². The summed E-state index contributed by atoms with van der Waals surface area (Å²) >= 11 is 5.07. The van der Waals surface area contributed by atoms with Gasteiger partial charge < -0.3 is 10.5 Å². The van der Waals surface area contributed by atoms with Crippen LogP contribution in [0.25, 0.3) is 0 Å². The number of thiophene rings is 1. The third-order valence-electron chi connectivity index (χ3n) is 2.43. The highest BCUT2D eigenvalue weighted by atomic mass is 79.9. The van der Waals surface area contributed by atoms with E-state index in [1.807, 2.05) is 29.6 Å². The minimum Gasteiger partial charge on any atom is -0.496 e. The summed E-state index contributed by atoms with van der Waals surface area (Å²) in [6.45, 7) is 0. The SMILES string of the molecule is COc1cc(Br)ccc1[C@H](N)c1ccsc1. The van der Waals surface area contributed by atoms with Gasteiger partial charge in [0.2, 0.25) is 0 Å². The summed E-state index contributed by atoms with van der Waals surface area (Å²) in [5.41, 5.74) is 8.32. The molecule has 0 saturated heterocycles. The lowest BCUT2D eigenvalue weighted by Crippen LogP contribution is -2.12. The maximum absolute atomic E-state index is 6.20. The Bertz CT molecular complexity index is 470. The Morgan fingerprint density at radius 1 is 1.38 bits per heavy atom. The van der Waals surface area contributed by atoms with Gasteiger partial charge in [-0.15, -0.1) is 0 Å². The second-order valence-corrected chi connectivity index (χ2v) is 5.12. The molecule has 0 spiro atoms. The summed E-state index contributed by atoms with van der Waals surface area (Å²) in [4.78, 5) is 0.